The van der Waals surface area contributed by atoms with Crippen LogP contribution < -0.4 is 15.1 Å². The first-order valence-corrected chi connectivity index (χ1v) is 7.71. The Hall–Kier alpha value is -1.59. The molecule has 1 aliphatic heterocycles. The molecular weight excluding hydrogens is 268 g/mol. The maximum absolute atomic E-state index is 4.76. The number of likely N-dealkylation sites (N-methyl/N-ethyl adjacent to an activating group) is 1. The Morgan fingerprint density at radius 2 is 2.00 bits per heavy atom. The highest BCUT2D eigenvalue weighted by atomic mass is 32.1. The van der Waals surface area contributed by atoms with Crippen molar-refractivity contribution in [1.82, 2.24) is 10.3 Å². The highest BCUT2D eigenvalue weighted by Gasteiger charge is 2.23. The normalized spacial score (nSPS) is 14.6. The third kappa shape index (κ3) is 2.27. The molecule has 1 aromatic heterocycles. The molecule has 4 nitrogen and oxygen atoms in total. The smallest absolute Gasteiger partial charge is 0.190 e. The van der Waals surface area contributed by atoms with Gasteiger partial charge in [-0.25, -0.2) is 4.98 Å². The van der Waals surface area contributed by atoms with Gasteiger partial charge < -0.3 is 15.1 Å². The molecule has 0 fully saturated rings. The first-order valence-electron chi connectivity index (χ1n) is 6.89. The van der Waals surface area contributed by atoms with Crippen LogP contribution in [0.15, 0.2) is 24.3 Å². The average Bonchev–Trinajstić information content (AvgIpc) is 2.81. The lowest BCUT2D eigenvalue weighted by molar-refractivity contribution is 0.815. The molecule has 3 rings (SSSR count). The number of thiazole rings is 1. The number of anilines is 3. The minimum atomic E-state index is 0.888. The van der Waals surface area contributed by atoms with Gasteiger partial charge in [-0.15, -0.1) is 0 Å². The number of nitrogens with zero attached hydrogens (tertiary/aromatic N) is 3. The van der Waals surface area contributed by atoms with Gasteiger partial charge in [0, 0.05) is 31.6 Å². The molecular formula is C15H20N4S. The van der Waals surface area contributed by atoms with Gasteiger partial charge in [-0.1, -0.05) is 23.5 Å². The molecule has 1 aliphatic rings. The minimum Gasteiger partial charge on any atom is -0.371 e. The third-order valence-electron chi connectivity index (χ3n) is 3.69. The average molecular weight is 288 g/mol. The summed E-state index contributed by atoms with van der Waals surface area (Å²) in [5.41, 5.74) is 3.67. The van der Waals surface area contributed by atoms with Gasteiger partial charge in [0.15, 0.2) is 5.13 Å². The van der Waals surface area contributed by atoms with E-state index in [4.69, 9.17) is 4.98 Å². The fourth-order valence-corrected chi connectivity index (χ4v) is 3.67. The van der Waals surface area contributed by atoms with Crippen molar-refractivity contribution < 1.29 is 0 Å². The molecule has 2 heterocycles. The van der Waals surface area contributed by atoms with Gasteiger partial charge in [-0.3, -0.25) is 0 Å². The van der Waals surface area contributed by atoms with Crippen LogP contribution in [-0.4, -0.2) is 32.2 Å². The molecule has 0 aliphatic carbocycles. The lowest BCUT2D eigenvalue weighted by Crippen LogP contribution is -2.36. The van der Waals surface area contributed by atoms with Crippen molar-refractivity contribution in [2.45, 2.75) is 13.5 Å². The van der Waals surface area contributed by atoms with Crippen molar-refractivity contribution >= 4 is 27.8 Å². The number of aryl methyl sites for hydroxylation is 1. The Morgan fingerprint density at radius 3 is 2.75 bits per heavy atom. The second-order valence-corrected chi connectivity index (χ2v) is 6.16. The maximum Gasteiger partial charge on any atom is 0.190 e. The molecule has 2 aromatic rings. The van der Waals surface area contributed by atoms with Crippen molar-refractivity contribution in [3.63, 3.8) is 0 Å². The van der Waals surface area contributed by atoms with Gasteiger partial charge in [-0.2, -0.15) is 0 Å². The van der Waals surface area contributed by atoms with E-state index < -0.39 is 0 Å². The molecule has 20 heavy (non-hydrogen) atoms. The van der Waals surface area contributed by atoms with Crippen molar-refractivity contribution in [2.75, 3.05) is 37.0 Å². The quantitative estimate of drug-likeness (QED) is 0.941. The summed E-state index contributed by atoms with van der Waals surface area (Å²) in [4.78, 5) is 10.7. The van der Waals surface area contributed by atoms with Crippen LogP contribution in [0.5, 0.6) is 0 Å². The zero-order valence-electron chi connectivity index (χ0n) is 12.2. The monoisotopic (exact) mass is 288 g/mol. The number of aromatic nitrogens is 1. The maximum atomic E-state index is 4.76. The number of benzene rings is 1. The highest BCUT2D eigenvalue weighted by Crippen LogP contribution is 2.39. The first-order chi connectivity index (χ1) is 9.70. The van der Waals surface area contributed by atoms with Crippen molar-refractivity contribution in [3.05, 3.63) is 34.8 Å². The number of fused-ring (bicyclic) bond motifs is 1. The van der Waals surface area contributed by atoms with Crippen molar-refractivity contribution in [3.8, 4) is 0 Å². The summed E-state index contributed by atoms with van der Waals surface area (Å²) < 4.78 is 0. The molecule has 0 saturated carbocycles. The van der Waals surface area contributed by atoms with Gasteiger partial charge in [0.1, 0.15) is 0 Å². The molecule has 0 atom stereocenters. The van der Waals surface area contributed by atoms with Crippen LogP contribution in [0, 0.1) is 6.92 Å². The van der Waals surface area contributed by atoms with E-state index in [2.05, 4.69) is 53.4 Å². The first kappa shape index (κ1) is 13.4. The van der Waals surface area contributed by atoms with E-state index in [9.17, 15) is 0 Å². The molecule has 0 saturated heterocycles. The third-order valence-corrected chi connectivity index (χ3v) is 4.87. The van der Waals surface area contributed by atoms with E-state index in [1.165, 1.54) is 16.3 Å². The van der Waals surface area contributed by atoms with Crippen molar-refractivity contribution in [2.24, 2.45) is 0 Å². The summed E-state index contributed by atoms with van der Waals surface area (Å²) in [5, 5.41) is 4.32. The molecule has 0 radical (unpaired) electrons. The standard InChI is InChI=1S/C15H20N4S/c1-11-14(10-16-2)20-15(17-11)19-9-8-18(3)12-6-4-5-7-13(12)19/h4-7,16H,8-10H2,1-3H3. The van der Waals surface area contributed by atoms with Crippen LogP contribution in [0.4, 0.5) is 16.5 Å². The molecule has 1 aromatic carbocycles. The Morgan fingerprint density at radius 1 is 1.25 bits per heavy atom. The predicted octanol–water partition coefficient (Wildman–Crippen LogP) is 2.76. The van der Waals surface area contributed by atoms with Gasteiger partial charge in [0.05, 0.1) is 17.1 Å². The van der Waals surface area contributed by atoms with E-state index in [-0.39, 0.29) is 0 Å². The van der Waals surface area contributed by atoms with Crippen LogP contribution in [0.3, 0.4) is 0 Å². The lowest BCUT2D eigenvalue weighted by Gasteiger charge is -2.35. The SMILES string of the molecule is CNCc1sc(N2CCN(C)c3ccccc32)nc1C. The summed E-state index contributed by atoms with van der Waals surface area (Å²) in [6, 6.07) is 8.55. The predicted molar refractivity (Wildman–Crippen MR) is 86.3 cm³/mol. The van der Waals surface area contributed by atoms with E-state index >= 15 is 0 Å². The second-order valence-electron chi connectivity index (χ2n) is 5.10. The zero-order chi connectivity index (χ0) is 14.1. The Kier molecular flexibility index (Phi) is 3.63. The summed E-state index contributed by atoms with van der Waals surface area (Å²) in [6.07, 6.45) is 0. The Labute approximate surface area is 124 Å². The molecule has 0 unspecified atom stereocenters. The van der Waals surface area contributed by atoms with Crippen molar-refractivity contribution in [1.29, 1.82) is 0 Å². The second kappa shape index (κ2) is 5.42. The fraction of sp³-hybridized carbons (Fsp3) is 0.400. The van der Waals surface area contributed by atoms with Crippen LogP contribution in [0.2, 0.25) is 0 Å². The minimum absolute atomic E-state index is 0.888. The molecule has 5 heteroatoms. The van der Waals surface area contributed by atoms with Gasteiger partial charge >= 0.3 is 0 Å². The molecule has 0 spiro atoms. The largest absolute Gasteiger partial charge is 0.371 e. The molecule has 106 valence electrons. The van der Waals surface area contributed by atoms with E-state index in [1.807, 2.05) is 7.05 Å². The summed E-state index contributed by atoms with van der Waals surface area (Å²) >= 11 is 1.79. The summed E-state index contributed by atoms with van der Waals surface area (Å²) in [5.74, 6) is 0. The number of rotatable bonds is 3. The van der Waals surface area contributed by atoms with E-state index in [0.717, 1.165) is 30.5 Å². The van der Waals surface area contributed by atoms with Crippen LogP contribution in [0.1, 0.15) is 10.6 Å². The van der Waals surface area contributed by atoms with Crippen LogP contribution >= 0.6 is 11.3 Å². The summed E-state index contributed by atoms with van der Waals surface area (Å²) in [7, 11) is 4.12. The van der Waals surface area contributed by atoms with E-state index in [1.54, 1.807) is 11.3 Å². The number of hydrogen-bond acceptors (Lipinski definition) is 5. The summed E-state index contributed by atoms with van der Waals surface area (Å²) in [6.45, 7) is 4.99. The molecule has 0 bridgehead atoms. The van der Waals surface area contributed by atoms with Gasteiger partial charge in [0.25, 0.3) is 0 Å². The fourth-order valence-electron chi connectivity index (χ4n) is 2.56. The van der Waals surface area contributed by atoms with E-state index in [0.29, 0.717) is 0 Å². The number of para-hydroxylation sites is 2. The zero-order valence-corrected chi connectivity index (χ0v) is 13.0. The Balaban J connectivity index is 1.99. The number of hydrogen-bond donors (Lipinski definition) is 1. The molecule has 1 N–H and O–H groups in total. The Bertz CT molecular complexity index is 608. The van der Waals surface area contributed by atoms with Gasteiger partial charge in [0.2, 0.25) is 0 Å². The lowest BCUT2D eigenvalue weighted by atomic mass is 10.2. The van der Waals surface area contributed by atoms with Crippen LogP contribution in [0.25, 0.3) is 0 Å². The molecule has 0 amide bonds. The topological polar surface area (TPSA) is 31.4 Å². The van der Waals surface area contributed by atoms with Gasteiger partial charge in [-0.05, 0) is 26.1 Å². The number of nitrogens with one attached hydrogen (secondary N) is 1. The highest BCUT2D eigenvalue weighted by molar-refractivity contribution is 7.15. The van der Waals surface area contributed by atoms with Crippen LogP contribution in [-0.2, 0) is 6.54 Å².